The van der Waals surface area contributed by atoms with Crippen LogP contribution in [0.4, 0.5) is 0 Å². The van der Waals surface area contributed by atoms with Gasteiger partial charge in [0.1, 0.15) is 6.10 Å². The molecule has 5 aliphatic carbocycles. The van der Waals surface area contributed by atoms with Crippen molar-refractivity contribution in [2.45, 2.75) is 127 Å². The van der Waals surface area contributed by atoms with E-state index in [0.717, 1.165) is 37.7 Å². The standard InChI is InChI=1S/C35H54O8/c1-20-22-8-6-9-26(36)30(22)43-29(20)31(38)34(4,39)28-12-15-35(40)24-19-27(37)25-18-21(42-17-7-16-41-5)10-13-32(25,2)23(24)11-14-33(28,35)3/h6,9,19-23,25-26,28-31,36,38-40H,7-8,10-18H2,1-5H3. The van der Waals surface area contributed by atoms with Gasteiger partial charge in [0.2, 0.25) is 0 Å². The number of carbonyl (C=O) groups is 1. The number of hydrogen-bond acceptors (Lipinski definition) is 8. The number of hydrogen-bond donors (Lipinski definition) is 4. The Labute approximate surface area is 256 Å². The lowest BCUT2D eigenvalue weighted by atomic mass is 9.46. The number of methoxy groups -OCH3 is 1. The van der Waals surface area contributed by atoms with E-state index >= 15 is 0 Å². The summed E-state index contributed by atoms with van der Waals surface area (Å²) in [5, 5.41) is 47.1. The van der Waals surface area contributed by atoms with E-state index in [9.17, 15) is 25.2 Å². The summed E-state index contributed by atoms with van der Waals surface area (Å²) in [6, 6.07) is 0. The minimum absolute atomic E-state index is 0.0375. The Kier molecular flexibility index (Phi) is 8.36. The molecule has 0 spiro atoms. The molecule has 8 heteroatoms. The lowest BCUT2D eigenvalue weighted by molar-refractivity contribution is -0.199. The number of fused-ring (bicyclic) bond motifs is 6. The van der Waals surface area contributed by atoms with Gasteiger partial charge in [0.25, 0.3) is 0 Å². The molecular weight excluding hydrogens is 548 g/mol. The van der Waals surface area contributed by atoms with Crippen LogP contribution in [0, 0.1) is 40.4 Å². The number of aliphatic hydroxyl groups is 4. The first kappa shape index (κ1) is 31.8. The lowest BCUT2D eigenvalue weighted by Gasteiger charge is -2.60. The summed E-state index contributed by atoms with van der Waals surface area (Å²) in [5.41, 5.74) is -2.84. The number of rotatable bonds is 8. The summed E-state index contributed by atoms with van der Waals surface area (Å²) in [6.07, 6.45) is 9.33. The minimum Gasteiger partial charge on any atom is -0.387 e. The number of ketones is 1. The fourth-order valence-corrected chi connectivity index (χ4v) is 10.9. The molecule has 242 valence electrons. The van der Waals surface area contributed by atoms with E-state index in [0.29, 0.717) is 38.9 Å². The Morgan fingerprint density at radius 1 is 1.14 bits per heavy atom. The van der Waals surface area contributed by atoms with E-state index < -0.39 is 34.9 Å². The van der Waals surface area contributed by atoms with Crippen LogP contribution in [0.5, 0.6) is 0 Å². The van der Waals surface area contributed by atoms with Gasteiger partial charge in [-0.2, -0.15) is 0 Å². The number of allylic oxidation sites excluding steroid dienone is 2. The Hall–Kier alpha value is -1.13. The van der Waals surface area contributed by atoms with Gasteiger partial charge in [0.05, 0.1) is 35.6 Å². The Morgan fingerprint density at radius 2 is 1.91 bits per heavy atom. The van der Waals surface area contributed by atoms with Crippen LogP contribution in [0.25, 0.3) is 0 Å². The van der Waals surface area contributed by atoms with Gasteiger partial charge in [-0.15, -0.1) is 0 Å². The van der Waals surface area contributed by atoms with E-state index in [4.69, 9.17) is 14.2 Å². The van der Waals surface area contributed by atoms with E-state index in [2.05, 4.69) is 13.8 Å². The molecule has 8 nitrogen and oxygen atoms in total. The first-order valence-corrected chi connectivity index (χ1v) is 16.8. The van der Waals surface area contributed by atoms with Crippen molar-refractivity contribution >= 4 is 5.78 Å². The molecule has 0 aromatic heterocycles. The predicted octanol–water partition coefficient (Wildman–Crippen LogP) is 3.73. The number of carbonyl (C=O) groups excluding carboxylic acids is 1. The van der Waals surface area contributed by atoms with Crippen molar-refractivity contribution in [3.8, 4) is 0 Å². The van der Waals surface area contributed by atoms with Crippen LogP contribution in [0.2, 0.25) is 0 Å². The zero-order chi connectivity index (χ0) is 30.9. The zero-order valence-corrected chi connectivity index (χ0v) is 26.7. The maximum Gasteiger partial charge on any atom is 0.159 e. The highest BCUT2D eigenvalue weighted by Crippen LogP contribution is 2.69. The van der Waals surface area contributed by atoms with Crippen molar-refractivity contribution in [1.29, 1.82) is 0 Å². The third-order valence-corrected chi connectivity index (χ3v) is 13.5. The van der Waals surface area contributed by atoms with Crippen LogP contribution < -0.4 is 0 Å². The summed E-state index contributed by atoms with van der Waals surface area (Å²) >= 11 is 0. The van der Waals surface area contributed by atoms with Crippen LogP contribution in [-0.2, 0) is 19.0 Å². The second-order valence-electron chi connectivity index (χ2n) is 15.5. The molecule has 1 saturated heterocycles. The molecule has 4 N–H and O–H groups in total. The molecule has 4 fully saturated rings. The van der Waals surface area contributed by atoms with Crippen LogP contribution in [0.1, 0.15) is 85.5 Å². The summed E-state index contributed by atoms with van der Waals surface area (Å²) in [5.74, 6) is -0.266. The maximum absolute atomic E-state index is 13.8. The van der Waals surface area contributed by atoms with Crippen molar-refractivity contribution < 1.29 is 39.4 Å². The van der Waals surface area contributed by atoms with Crippen molar-refractivity contribution in [2.75, 3.05) is 20.3 Å². The van der Waals surface area contributed by atoms with Crippen LogP contribution in [-0.4, -0.2) is 88.3 Å². The van der Waals surface area contributed by atoms with Gasteiger partial charge in [-0.25, -0.2) is 0 Å². The molecular formula is C35H54O8. The molecule has 0 aromatic rings. The average Bonchev–Trinajstić information content (AvgIpc) is 3.46. The summed E-state index contributed by atoms with van der Waals surface area (Å²) in [6.45, 7) is 9.33. The molecule has 43 heavy (non-hydrogen) atoms. The fraction of sp³-hybridized carbons (Fsp3) is 0.857. The fourth-order valence-electron chi connectivity index (χ4n) is 10.9. The second-order valence-corrected chi connectivity index (χ2v) is 15.5. The molecule has 14 atom stereocenters. The second kappa shape index (κ2) is 11.3. The van der Waals surface area contributed by atoms with Crippen LogP contribution in [0.3, 0.4) is 0 Å². The minimum atomic E-state index is -1.53. The highest BCUT2D eigenvalue weighted by molar-refractivity contribution is 5.95. The quantitative estimate of drug-likeness (QED) is 0.245. The summed E-state index contributed by atoms with van der Waals surface area (Å²) < 4.78 is 17.6. The Bertz CT molecular complexity index is 1130. The highest BCUT2D eigenvalue weighted by atomic mass is 16.5. The van der Waals surface area contributed by atoms with Crippen molar-refractivity contribution in [2.24, 2.45) is 40.4 Å². The molecule has 1 aliphatic heterocycles. The first-order chi connectivity index (χ1) is 20.3. The molecule has 0 amide bonds. The molecule has 6 aliphatic rings. The van der Waals surface area contributed by atoms with Gasteiger partial charge in [0.15, 0.2) is 5.78 Å². The van der Waals surface area contributed by atoms with Gasteiger partial charge < -0.3 is 34.6 Å². The molecule has 14 unspecified atom stereocenters. The Balaban J connectivity index is 1.22. The monoisotopic (exact) mass is 602 g/mol. The van der Waals surface area contributed by atoms with Crippen LogP contribution in [0.15, 0.2) is 23.8 Å². The molecule has 3 saturated carbocycles. The smallest absolute Gasteiger partial charge is 0.159 e. The topological polar surface area (TPSA) is 126 Å². The number of aliphatic hydroxyl groups excluding tert-OH is 2. The molecule has 0 bridgehead atoms. The lowest BCUT2D eigenvalue weighted by Crippen LogP contribution is -2.63. The molecule has 1 heterocycles. The maximum atomic E-state index is 13.8. The van der Waals surface area contributed by atoms with E-state index in [-0.39, 0.29) is 53.0 Å². The highest BCUT2D eigenvalue weighted by Gasteiger charge is 2.69. The summed E-state index contributed by atoms with van der Waals surface area (Å²) in [4.78, 5) is 13.8. The van der Waals surface area contributed by atoms with Crippen LogP contribution >= 0.6 is 0 Å². The van der Waals surface area contributed by atoms with Crippen molar-refractivity contribution in [1.82, 2.24) is 0 Å². The van der Waals surface area contributed by atoms with Gasteiger partial charge in [-0.05, 0) is 105 Å². The SMILES string of the molecule is COCCCOC1CCC2(C)C(C1)C(=O)C=C1C2CCC2(C)C(C(C)(O)C(O)C3OC4C(O)C=CCC4C3C)CCC12O. The summed E-state index contributed by atoms with van der Waals surface area (Å²) in [7, 11) is 1.69. The number of ether oxygens (including phenoxy) is 3. The first-order valence-electron chi connectivity index (χ1n) is 16.8. The van der Waals surface area contributed by atoms with Crippen molar-refractivity contribution in [3.05, 3.63) is 23.8 Å². The third kappa shape index (κ3) is 4.76. The normalized spacial score (nSPS) is 49.4. The van der Waals surface area contributed by atoms with Gasteiger partial charge in [-0.1, -0.05) is 32.9 Å². The zero-order valence-electron chi connectivity index (χ0n) is 26.7. The van der Waals surface area contributed by atoms with Crippen molar-refractivity contribution in [3.63, 3.8) is 0 Å². The Morgan fingerprint density at radius 3 is 2.63 bits per heavy atom. The predicted molar refractivity (Wildman–Crippen MR) is 161 cm³/mol. The third-order valence-electron chi connectivity index (χ3n) is 13.5. The van der Waals surface area contributed by atoms with E-state index in [1.54, 1.807) is 26.2 Å². The van der Waals surface area contributed by atoms with E-state index in [1.165, 1.54) is 0 Å². The molecule has 0 radical (unpaired) electrons. The largest absolute Gasteiger partial charge is 0.387 e. The molecule has 0 aromatic carbocycles. The average molecular weight is 603 g/mol. The van der Waals surface area contributed by atoms with Gasteiger partial charge in [0, 0.05) is 31.7 Å². The van der Waals surface area contributed by atoms with Gasteiger partial charge in [-0.3, -0.25) is 4.79 Å². The molecule has 6 rings (SSSR count). The van der Waals surface area contributed by atoms with Gasteiger partial charge >= 0.3 is 0 Å². The van der Waals surface area contributed by atoms with E-state index in [1.807, 2.05) is 13.0 Å².